The maximum atomic E-state index is 12.1. The molecule has 6 heteroatoms. The number of hydrogen-bond acceptors (Lipinski definition) is 4. The molecule has 0 aliphatic carbocycles. The van der Waals surface area contributed by atoms with Crippen LogP contribution in [0.25, 0.3) is 0 Å². The minimum absolute atomic E-state index is 0.0427. The molecule has 1 aromatic heterocycles. The van der Waals surface area contributed by atoms with Gasteiger partial charge in [-0.3, -0.25) is 4.79 Å². The van der Waals surface area contributed by atoms with E-state index in [9.17, 15) is 4.79 Å². The molecule has 0 saturated carbocycles. The van der Waals surface area contributed by atoms with Crippen LogP contribution in [0.15, 0.2) is 15.2 Å². The van der Waals surface area contributed by atoms with Crippen LogP contribution in [0, 0.1) is 0 Å². The van der Waals surface area contributed by atoms with Gasteiger partial charge in [0.15, 0.2) is 0 Å². The molecule has 17 heavy (non-hydrogen) atoms. The van der Waals surface area contributed by atoms with Gasteiger partial charge < -0.3 is 15.0 Å². The fourth-order valence-corrected chi connectivity index (χ4v) is 2.90. The number of nitrogens with zero attached hydrogens (tertiary/aromatic N) is 1. The monoisotopic (exact) mass is 318 g/mol. The minimum atomic E-state index is 0.0427. The summed E-state index contributed by atoms with van der Waals surface area (Å²) in [5.74, 6) is 0.0427. The topological polar surface area (TPSA) is 41.6 Å². The van der Waals surface area contributed by atoms with Gasteiger partial charge in [0.2, 0.25) is 0 Å². The number of ether oxygens (including phenoxy) is 1. The first-order valence-corrected chi connectivity index (χ1v) is 7.16. The third kappa shape index (κ3) is 3.51. The third-order valence-electron chi connectivity index (χ3n) is 2.64. The summed E-state index contributed by atoms with van der Waals surface area (Å²) in [5.41, 5.74) is 0.730. The van der Waals surface area contributed by atoms with Crippen molar-refractivity contribution in [1.29, 1.82) is 0 Å². The average Bonchev–Trinajstić information content (AvgIpc) is 2.76. The molecular weight excluding hydrogens is 304 g/mol. The lowest BCUT2D eigenvalue weighted by molar-refractivity contribution is 0.0104. The summed E-state index contributed by atoms with van der Waals surface area (Å²) in [6.45, 7) is 3.05. The summed E-state index contributed by atoms with van der Waals surface area (Å²) >= 11 is 4.88. The van der Waals surface area contributed by atoms with E-state index in [4.69, 9.17) is 4.74 Å². The smallest absolute Gasteiger partial charge is 0.254 e. The van der Waals surface area contributed by atoms with Crippen molar-refractivity contribution in [2.45, 2.75) is 6.10 Å². The standard InChI is InChI=1S/C11H15BrN2O2S/c1-14(6-9-5-13-2-3-16-9)11(15)8-4-10(12)17-7-8/h4,7,9,13H,2-3,5-6H2,1H3. The maximum Gasteiger partial charge on any atom is 0.254 e. The summed E-state index contributed by atoms with van der Waals surface area (Å²) in [4.78, 5) is 13.8. The zero-order valence-electron chi connectivity index (χ0n) is 9.61. The molecule has 1 aromatic rings. The van der Waals surface area contributed by atoms with Crippen LogP contribution in [0.4, 0.5) is 0 Å². The number of carbonyl (C=O) groups excluding carboxylic acids is 1. The molecule has 94 valence electrons. The van der Waals surface area contributed by atoms with E-state index in [0.29, 0.717) is 6.54 Å². The van der Waals surface area contributed by atoms with Gasteiger partial charge in [0.1, 0.15) is 0 Å². The Morgan fingerprint density at radius 1 is 1.76 bits per heavy atom. The number of amides is 1. The highest BCUT2D eigenvalue weighted by Crippen LogP contribution is 2.21. The van der Waals surface area contributed by atoms with Crippen LogP contribution in [0.2, 0.25) is 0 Å². The Kier molecular flexibility index (Phi) is 4.55. The van der Waals surface area contributed by atoms with Crippen LogP contribution in [0.5, 0.6) is 0 Å². The van der Waals surface area contributed by atoms with E-state index in [-0.39, 0.29) is 12.0 Å². The summed E-state index contributed by atoms with van der Waals surface area (Å²) in [7, 11) is 1.81. The van der Waals surface area contributed by atoms with Crippen LogP contribution in [-0.2, 0) is 4.74 Å². The quantitative estimate of drug-likeness (QED) is 0.920. The Bertz CT molecular complexity index is 391. The van der Waals surface area contributed by atoms with Crippen molar-refractivity contribution in [3.63, 3.8) is 0 Å². The fourth-order valence-electron chi connectivity index (χ4n) is 1.77. The third-order valence-corrected chi connectivity index (χ3v) is 4.15. The first kappa shape index (κ1) is 13.0. The second-order valence-corrected chi connectivity index (χ2v) is 6.31. The molecule has 0 spiro atoms. The Hall–Kier alpha value is -0.430. The largest absolute Gasteiger partial charge is 0.374 e. The van der Waals surface area contributed by atoms with Gasteiger partial charge in [-0.15, -0.1) is 11.3 Å². The minimum Gasteiger partial charge on any atom is -0.374 e. The normalized spacial score (nSPS) is 20.2. The number of likely N-dealkylation sites (N-methyl/N-ethyl adjacent to an activating group) is 1. The lowest BCUT2D eigenvalue weighted by Gasteiger charge is -2.27. The number of halogens is 1. The highest BCUT2D eigenvalue weighted by Gasteiger charge is 2.20. The molecule has 4 nitrogen and oxygen atoms in total. The lowest BCUT2D eigenvalue weighted by atomic mass is 10.2. The first-order chi connectivity index (χ1) is 8.16. The second kappa shape index (κ2) is 5.95. The Balaban J connectivity index is 1.90. The van der Waals surface area contributed by atoms with Crippen molar-refractivity contribution in [3.05, 3.63) is 20.8 Å². The van der Waals surface area contributed by atoms with Gasteiger partial charge in [-0.2, -0.15) is 0 Å². The SMILES string of the molecule is CN(CC1CNCCO1)C(=O)c1csc(Br)c1. The van der Waals surface area contributed by atoms with Crippen molar-refractivity contribution in [2.75, 3.05) is 33.3 Å². The van der Waals surface area contributed by atoms with Gasteiger partial charge in [-0.1, -0.05) is 0 Å². The molecule has 1 atom stereocenters. The summed E-state index contributed by atoms with van der Waals surface area (Å²) in [6.07, 6.45) is 0.0970. The van der Waals surface area contributed by atoms with E-state index in [1.54, 1.807) is 4.90 Å². The maximum absolute atomic E-state index is 12.1. The molecule has 0 bridgehead atoms. The molecule has 1 N–H and O–H groups in total. The molecule has 1 amide bonds. The predicted octanol–water partition coefficient (Wildman–Crippen LogP) is 1.57. The zero-order valence-corrected chi connectivity index (χ0v) is 12.0. The Morgan fingerprint density at radius 3 is 3.18 bits per heavy atom. The number of morpholine rings is 1. The van der Waals surface area contributed by atoms with E-state index in [1.807, 2.05) is 18.5 Å². The molecule has 2 heterocycles. The van der Waals surface area contributed by atoms with E-state index < -0.39 is 0 Å². The number of nitrogens with one attached hydrogen (secondary N) is 1. The van der Waals surface area contributed by atoms with Gasteiger partial charge >= 0.3 is 0 Å². The van der Waals surface area contributed by atoms with Crippen LogP contribution in [0.1, 0.15) is 10.4 Å². The van der Waals surface area contributed by atoms with Crippen molar-refractivity contribution in [2.24, 2.45) is 0 Å². The van der Waals surface area contributed by atoms with E-state index >= 15 is 0 Å². The molecule has 1 saturated heterocycles. The van der Waals surface area contributed by atoms with E-state index in [0.717, 1.165) is 29.0 Å². The summed E-state index contributed by atoms with van der Waals surface area (Å²) in [5, 5.41) is 5.12. The molecule has 1 unspecified atom stereocenters. The predicted molar refractivity (Wildman–Crippen MR) is 71.6 cm³/mol. The van der Waals surface area contributed by atoms with Gasteiger partial charge in [-0.05, 0) is 22.0 Å². The Labute approximate surface area is 113 Å². The molecule has 1 aliphatic rings. The van der Waals surface area contributed by atoms with Crippen molar-refractivity contribution >= 4 is 33.2 Å². The zero-order chi connectivity index (χ0) is 12.3. The average molecular weight is 319 g/mol. The van der Waals surface area contributed by atoms with Gasteiger partial charge in [0.25, 0.3) is 5.91 Å². The van der Waals surface area contributed by atoms with Crippen molar-refractivity contribution < 1.29 is 9.53 Å². The van der Waals surface area contributed by atoms with Crippen molar-refractivity contribution in [3.8, 4) is 0 Å². The Morgan fingerprint density at radius 2 is 2.59 bits per heavy atom. The number of hydrogen-bond donors (Lipinski definition) is 1. The summed E-state index contributed by atoms with van der Waals surface area (Å²) in [6, 6.07) is 1.85. The molecule has 2 rings (SSSR count). The van der Waals surface area contributed by atoms with Gasteiger partial charge in [0.05, 0.1) is 22.1 Å². The van der Waals surface area contributed by atoms with Crippen LogP contribution in [0.3, 0.4) is 0 Å². The first-order valence-electron chi connectivity index (χ1n) is 5.48. The molecule has 1 aliphatic heterocycles. The number of carbonyl (C=O) groups is 1. The van der Waals surface area contributed by atoms with E-state index in [2.05, 4.69) is 21.2 Å². The fraction of sp³-hybridized carbons (Fsp3) is 0.545. The molecular formula is C11H15BrN2O2S. The summed E-state index contributed by atoms with van der Waals surface area (Å²) < 4.78 is 6.55. The van der Waals surface area contributed by atoms with Gasteiger partial charge in [0, 0.05) is 32.1 Å². The highest BCUT2D eigenvalue weighted by molar-refractivity contribution is 9.11. The number of rotatable bonds is 3. The molecule has 0 radical (unpaired) electrons. The van der Waals surface area contributed by atoms with Crippen LogP contribution in [-0.4, -0.2) is 50.2 Å². The lowest BCUT2D eigenvalue weighted by Crippen LogP contribution is -2.45. The van der Waals surface area contributed by atoms with Crippen molar-refractivity contribution in [1.82, 2.24) is 10.2 Å². The molecule has 1 fully saturated rings. The van der Waals surface area contributed by atoms with E-state index in [1.165, 1.54) is 11.3 Å². The molecule has 0 aromatic carbocycles. The van der Waals surface area contributed by atoms with Gasteiger partial charge in [-0.25, -0.2) is 0 Å². The second-order valence-electron chi connectivity index (χ2n) is 4.02. The highest BCUT2D eigenvalue weighted by atomic mass is 79.9. The number of thiophene rings is 1. The van der Waals surface area contributed by atoms with Crippen LogP contribution >= 0.6 is 27.3 Å². The van der Waals surface area contributed by atoms with Crippen LogP contribution < -0.4 is 5.32 Å².